The lowest BCUT2D eigenvalue weighted by molar-refractivity contribution is 1.27. The molecule has 1 aliphatic rings. The van der Waals surface area contributed by atoms with Crippen LogP contribution >= 0.6 is 51.1 Å². The van der Waals surface area contributed by atoms with E-state index in [1.165, 1.54) is 53.2 Å². The summed E-state index contributed by atoms with van der Waals surface area (Å²) < 4.78 is 0. The van der Waals surface area contributed by atoms with Gasteiger partial charge in [0.2, 0.25) is 0 Å². The first-order valence-electron chi connectivity index (χ1n) is 8.54. The Hall–Kier alpha value is -1.11. The maximum Gasteiger partial charge on any atom is 0.0414 e. The smallest absolute Gasteiger partial charge is 0.0414 e. The molecule has 130 valence electrons. The van der Waals surface area contributed by atoms with Gasteiger partial charge in [-0.25, -0.2) is 0 Å². The fraction of sp³-hybridized carbons (Fsp3) is 0. The lowest BCUT2D eigenvalue weighted by Gasteiger charge is -2.16. The zero-order valence-corrected chi connectivity index (χ0v) is 18.1. The lowest BCUT2D eigenvalue weighted by atomic mass is 9.90. The van der Waals surface area contributed by atoms with Crippen LogP contribution in [-0.4, -0.2) is 0 Å². The largest absolute Gasteiger partial charge is 0.0610 e. The maximum absolute atomic E-state index is 2.31. The highest BCUT2D eigenvalue weighted by atomic mass is 33.8. The van der Waals surface area contributed by atoms with Gasteiger partial charge in [0.1, 0.15) is 0 Å². The third-order valence-corrected chi connectivity index (χ3v) is 13.6. The third-order valence-electron chi connectivity index (χ3n) is 5.09. The van der Waals surface area contributed by atoms with E-state index in [1.54, 1.807) is 0 Å². The second kappa shape index (κ2) is 6.75. The van der Waals surface area contributed by atoms with Crippen molar-refractivity contribution in [1.82, 2.24) is 0 Å². The predicted octanol–water partition coefficient (Wildman–Crippen LogP) is 9.31. The summed E-state index contributed by atoms with van der Waals surface area (Å²) in [6.45, 7) is 0. The van der Waals surface area contributed by atoms with E-state index < -0.39 is 0 Å². The SMILES string of the molecule is c1cc2c(c(-c3ccc4ccc5cccc6ccc3c4c56)c1)SSSSS2. The van der Waals surface area contributed by atoms with Gasteiger partial charge in [-0.2, -0.15) is 0 Å². The van der Waals surface area contributed by atoms with Gasteiger partial charge in [-0.05, 0) is 101 Å². The van der Waals surface area contributed by atoms with Gasteiger partial charge in [0.15, 0.2) is 0 Å². The Labute approximate surface area is 176 Å². The first-order valence-corrected chi connectivity index (χ1v) is 14.7. The molecule has 5 heteroatoms. The van der Waals surface area contributed by atoms with Gasteiger partial charge >= 0.3 is 0 Å². The number of hydrogen-bond acceptors (Lipinski definition) is 5. The minimum Gasteiger partial charge on any atom is -0.0610 e. The number of benzene rings is 5. The van der Waals surface area contributed by atoms with Crippen LogP contribution in [0.15, 0.2) is 82.6 Å². The van der Waals surface area contributed by atoms with Crippen LogP contribution in [0.25, 0.3) is 43.4 Å². The molecule has 5 aromatic rings. The van der Waals surface area contributed by atoms with Crippen LogP contribution in [0.5, 0.6) is 0 Å². The van der Waals surface area contributed by atoms with Crippen molar-refractivity contribution in [2.75, 3.05) is 0 Å². The molecule has 1 aliphatic heterocycles. The standard InChI is InChI=1S/C22H12S5/c1-3-13-7-8-15-9-11-16(17-12-10-14(4-1)20(13)21(15)17)18-5-2-6-19-22(18)24-26-27-25-23-19/h1-12H. The maximum atomic E-state index is 2.31. The first kappa shape index (κ1) is 16.8. The van der Waals surface area contributed by atoms with Crippen molar-refractivity contribution in [2.45, 2.75) is 9.79 Å². The van der Waals surface area contributed by atoms with E-state index in [9.17, 15) is 0 Å². The predicted molar refractivity (Wildman–Crippen MR) is 130 cm³/mol. The van der Waals surface area contributed by atoms with Crippen molar-refractivity contribution < 1.29 is 0 Å². The summed E-state index contributed by atoms with van der Waals surface area (Å²) in [5.74, 6) is 0. The molecule has 0 bridgehead atoms. The second-order valence-corrected chi connectivity index (χ2v) is 14.0. The second-order valence-electron chi connectivity index (χ2n) is 6.47. The van der Waals surface area contributed by atoms with Crippen LogP contribution in [-0.2, 0) is 0 Å². The number of fused-ring (bicyclic) bond motifs is 1. The summed E-state index contributed by atoms with van der Waals surface area (Å²) in [6.07, 6.45) is 0. The van der Waals surface area contributed by atoms with Crippen molar-refractivity contribution in [3.05, 3.63) is 72.8 Å². The highest BCUT2D eigenvalue weighted by Gasteiger charge is 2.18. The van der Waals surface area contributed by atoms with E-state index in [0.29, 0.717) is 0 Å². The molecule has 1 heterocycles. The summed E-state index contributed by atoms with van der Waals surface area (Å²) in [5, 5.41) is 8.10. The van der Waals surface area contributed by atoms with Crippen molar-refractivity contribution in [2.24, 2.45) is 0 Å². The molecular weight excluding hydrogens is 425 g/mol. The molecule has 0 nitrogen and oxygen atoms in total. The molecule has 0 radical (unpaired) electrons. The van der Waals surface area contributed by atoms with Gasteiger partial charge in [-0.3, -0.25) is 0 Å². The van der Waals surface area contributed by atoms with Crippen molar-refractivity contribution >= 4 is 83.4 Å². The molecule has 5 aromatic carbocycles. The van der Waals surface area contributed by atoms with Crippen molar-refractivity contribution in [1.29, 1.82) is 0 Å². The van der Waals surface area contributed by atoms with Gasteiger partial charge in [0.25, 0.3) is 0 Å². The Balaban J connectivity index is 1.72. The summed E-state index contributed by atoms with van der Waals surface area (Å²) in [5.41, 5.74) is 2.68. The highest BCUT2D eigenvalue weighted by Crippen LogP contribution is 2.61. The summed E-state index contributed by atoms with van der Waals surface area (Å²) in [4.78, 5) is 2.76. The third kappa shape index (κ3) is 2.67. The van der Waals surface area contributed by atoms with E-state index in [1.807, 2.05) is 51.1 Å². The van der Waals surface area contributed by atoms with E-state index in [-0.39, 0.29) is 0 Å². The monoisotopic (exact) mass is 436 g/mol. The fourth-order valence-corrected chi connectivity index (χ4v) is 13.0. The lowest BCUT2D eigenvalue weighted by Crippen LogP contribution is -1.89. The Morgan fingerprint density at radius 2 is 1.19 bits per heavy atom. The number of rotatable bonds is 1. The van der Waals surface area contributed by atoms with Crippen LogP contribution < -0.4 is 0 Å². The average molecular weight is 437 g/mol. The quantitative estimate of drug-likeness (QED) is 0.189. The minimum atomic E-state index is 1.32. The Morgan fingerprint density at radius 3 is 2.07 bits per heavy atom. The van der Waals surface area contributed by atoms with E-state index in [4.69, 9.17) is 0 Å². The van der Waals surface area contributed by atoms with Crippen molar-refractivity contribution in [3.8, 4) is 11.1 Å². The van der Waals surface area contributed by atoms with E-state index in [0.717, 1.165) is 0 Å². The van der Waals surface area contributed by atoms with E-state index in [2.05, 4.69) is 72.8 Å². The molecule has 0 atom stereocenters. The molecule has 0 saturated heterocycles. The van der Waals surface area contributed by atoms with Crippen molar-refractivity contribution in [3.63, 3.8) is 0 Å². The van der Waals surface area contributed by atoms with E-state index >= 15 is 0 Å². The molecule has 27 heavy (non-hydrogen) atoms. The highest BCUT2D eigenvalue weighted by molar-refractivity contribution is 9.36. The average Bonchev–Trinajstić information content (AvgIpc) is 2.97. The van der Waals surface area contributed by atoms with Gasteiger partial charge in [0.05, 0.1) is 0 Å². The molecule has 6 rings (SSSR count). The van der Waals surface area contributed by atoms with Gasteiger partial charge in [0, 0.05) is 9.79 Å². The van der Waals surface area contributed by atoms with Crippen LogP contribution in [0.2, 0.25) is 0 Å². The van der Waals surface area contributed by atoms with Crippen LogP contribution in [0, 0.1) is 0 Å². The van der Waals surface area contributed by atoms with Crippen LogP contribution in [0.1, 0.15) is 0 Å². The molecule has 0 aromatic heterocycles. The topological polar surface area (TPSA) is 0 Å². The molecule has 0 unspecified atom stereocenters. The Morgan fingerprint density at radius 1 is 0.481 bits per heavy atom. The molecule has 0 saturated carbocycles. The molecular formula is C22H12S5. The molecule has 0 fully saturated rings. The summed E-state index contributed by atoms with van der Waals surface area (Å²) in [6, 6.07) is 27.0. The van der Waals surface area contributed by atoms with Gasteiger partial charge < -0.3 is 0 Å². The fourth-order valence-electron chi connectivity index (χ4n) is 3.96. The van der Waals surface area contributed by atoms with Crippen LogP contribution in [0.4, 0.5) is 0 Å². The summed E-state index contributed by atoms with van der Waals surface area (Å²) in [7, 11) is 9.31. The summed E-state index contributed by atoms with van der Waals surface area (Å²) >= 11 is 0. The molecule has 0 N–H and O–H groups in total. The zero-order valence-electron chi connectivity index (χ0n) is 14.0. The minimum absolute atomic E-state index is 1.32. The first-order chi connectivity index (χ1) is 13.4. The number of hydrogen-bond donors (Lipinski definition) is 0. The molecule has 0 spiro atoms. The Kier molecular flexibility index (Phi) is 4.20. The van der Waals surface area contributed by atoms with Crippen LogP contribution in [0.3, 0.4) is 0 Å². The zero-order chi connectivity index (χ0) is 17.8. The normalized spacial score (nSPS) is 14.7. The molecule has 0 aliphatic carbocycles. The van der Waals surface area contributed by atoms with Gasteiger partial charge in [-0.15, -0.1) is 0 Å². The molecule has 0 amide bonds. The Bertz CT molecular complexity index is 1300. The van der Waals surface area contributed by atoms with Gasteiger partial charge in [-0.1, -0.05) is 66.7 Å².